The number of halogens is 1. The lowest BCUT2D eigenvalue weighted by atomic mass is 9.97. The van der Waals surface area contributed by atoms with E-state index in [0.29, 0.717) is 29.3 Å². The zero-order chi connectivity index (χ0) is 16.7. The molecule has 2 fully saturated rings. The molecule has 0 bridgehead atoms. The predicted octanol–water partition coefficient (Wildman–Crippen LogP) is 2.89. The van der Waals surface area contributed by atoms with Crippen molar-refractivity contribution in [2.75, 3.05) is 11.9 Å². The third-order valence-corrected chi connectivity index (χ3v) is 5.00. The maximum absolute atomic E-state index is 12.6. The van der Waals surface area contributed by atoms with Crippen LogP contribution in [0.1, 0.15) is 19.3 Å². The van der Waals surface area contributed by atoms with Crippen LogP contribution in [0.2, 0.25) is 5.02 Å². The summed E-state index contributed by atoms with van der Waals surface area (Å²) in [6, 6.07) is 7.39. The van der Waals surface area contributed by atoms with Crippen LogP contribution in [0.3, 0.4) is 0 Å². The third kappa shape index (κ3) is 2.91. The van der Waals surface area contributed by atoms with Gasteiger partial charge in [-0.05, 0) is 37.3 Å². The second-order valence-electron chi connectivity index (χ2n) is 6.42. The number of hydrogen-bond donors (Lipinski definition) is 1. The highest BCUT2D eigenvalue weighted by atomic mass is 35.5. The summed E-state index contributed by atoms with van der Waals surface area (Å²) in [4.78, 5) is 17.1. The predicted molar refractivity (Wildman–Crippen MR) is 90.6 cm³/mol. The maximum atomic E-state index is 12.6. The van der Waals surface area contributed by atoms with Gasteiger partial charge in [0.05, 0.1) is 17.0 Å². The molecule has 1 saturated heterocycles. The summed E-state index contributed by atoms with van der Waals surface area (Å²) in [6.45, 7) is 0.656. The summed E-state index contributed by atoms with van der Waals surface area (Å²) < 4.78 is 7.32. The lowest BCUT2D eigenvalue weighted by Crippen LogP contribution is -2.31. The number of carbonyl (C=O) groups excluding carboxylic acids is 1. The van der Waals surface area contributed by atoms with Gasteiger partial charge in [0, 0.05) is 19.2 Å². The van der Waals surface area contributed by atoms with Crippen molar-refractivity contribution in [3.8, 4) is 11.4 Å². The van der Waals surface area contributed by atoms with Crippen LogP contribution < -0.4 is 5.32 Å². The summed E-state index contributed by atoms with van der Waals surface area (Å²) in [5, 5.41) is 7.85. The van der Waals surface area contributed by atoms with Crippen molar-refractivity contribution >= 4 is 23.5 Å². The van der Waals surface area contributed by atoms with E-state index in [0.717, 1.165) is 24.8 Å². The molecule has 2 atom stereocenters. The van der Waals surface area contributed by atoms with E-state index in [1.54, 1.807) is 17.8 Å². The monoisotopic (exact) mass is 346 g/mol. The van der Waals surface area contributed by atoms with Crippen molar-refractivity contribution in [2.24, 2.45) is 18.9 Å². The summed E-state index contributed by atoms with van der Waals surface area (Å²) in [5.41, 5.74) is 0.746. The average Bonchev–Trinajstić information content (AvgIpc) is 3.18. The number of ether oxygens (including phenoxy) is 1. The van der Waals surface area contributed by atoms with Crippen molar-refractivity contribution in [1.82, 2.24) is 14.8 Å². The number of aromatic nitrogens is 3. The van der Waals surface area contributed by atoms with Gasteiger partial charge in [-0.25, -0.2) is 4.68 Å². The lowest BCUT2D eigenvalue weighted by molar-refractivity contribution is -0.121. The van der Waals surface area contributed by atoms with Gasteiger partial charge >= 0.3 is 0 Å². The van der Waals surface area contributed by atoms with Gasteiger partial charge < -0.3 is 4.74 Å². The molecule has 24 heavy (non-hydrogen) atoms. The molecule has 2 aliphatic rings. The van der Waals surface area contributed by atoms with Gasteiger partial charge in [-0.1, -0.05) is 23.7 Å². The van der Waals surface area contributed by atoms with Crippen molar-refractivity contribution < 1.29 is 9.53 Å². The Labute approximate surface area is 145 Å². The molecule has 1 aromatic heterocycles. The number of aryl methyl sites for hydroxylation is 1. The van der Waals surface area contributed by atoms with E-state index >= 15 is 0 Å². The maximum Gasteiger partial charge on any atom is 0.232 e. The van der Waals surface area contributed by atoms with E-state index in [1.165, 1.54) is 0 Å². The Balaban J connectivity index is 1.53. The lowest BCUT2D eigenvalue weighted by Gasteiger charge is -2.16. The fraction of sp³-hybridized carbons (Fsp3) is 0.471. The normalized spacial score (nSPS) is 23.4. The Bertz CT molecular complexity index is 772. The SMILES string of the molecule is Cn1nc(-c2ccccc2Cl)nc1NC(=O)[C@@H]1CCO[C@H]1C1CC1. The van der Waals surface area contributed by atoms with E-state index in [-0.39, 0.29) is 17.9 Å². The number of rotatable bonds is 4. The molecule has 2 heterocycles. The first-order chi connectivity index (χ1) is 11.6. The summed E-state index contributed by atoms with van der Waals surface area (Å²) in [7, 11) is 1.76. The van der Waals surface area contributed by atoms with E-state index in [1.807, 2.05) is 18.2 Å². The third-order valence-electron chi connectivity index (χ3n) is 4.67. The summed E-state index contributed by atoms with van der Waals surface area (Å²) in [5.74, 6) is 1.33. The van der Waals surface area contributed by atoms with Crippen LogP contribution in [0.5, 0.6) is 0 Å². The molecular formula is C17H19ClN4O2. The first-order valence-electron chi connectivity index (χ1n) is 8.22. The van der Waals surface area contributed by atoms with Crippen LogP contribution in [0, 0.1) is 11.8 Å². The largest absolute Gasteiger partial charge is 0.377 e. The molecule has 7 heteroatoms. The van der Waals surface area contributed by atoms with E-state index in [9.17, 15) is 4.79 Å². The Morgan fingerprint density at radius 1 is 1.33 bits per heavy atom. The van der Waals surface area contributed by atoms with Crippen molar-refractivity contribution in [3.05, 3.63) is 29.3 Å². The smallest absolute Gasteiger partial charge is 0.232 e. The second kappa shape index (κ2) is 6.18. The van der Waals surface area contributed by atoms with Crippen LogP contribution in [0.15, 0.2) is 24.3 Å². The van der Waals surface area contributed by atoms with Crippen molar-refractivity contribution in [2.45, 2.75) is 25.4 Å². The minimum absolute atomic E-state index is 0.0365. The first-order valence-corrected chi connectivity index (χ1v) is 8.59. The molecule has 0 spiro atoms. The Morgan fingerprint density at radius 3 is 2.88 bits per heavy atom. The number of hydrogen-bond acceptors (Lipinski definition) is 4. The molecule has 2 aromatic rings. The van der Waals surface area contributed by atoms with Crippen LogP contribution in [-0.4, -0.2) is 33.4 Å². The number of anilines is 1. The van der Waals surface area contributed by atoms with E-state index < -0.39 is 0 Å². The van der Waals surface area contributed by atoms with Gasteiger partial charge in [0.25, 0.3) is 0 Å². The minimum atomic E-state index is -0.0991. The van der Waals surface area contributed by atoms with Gasteiger partial charge in [0.15, 0.2) is 5.82 Å². The molecule has 1 aliphatic carbocycles. The van der Waals surface area contributed by atoms with Gasteiger partial charge in [0.1, 0.15) is 0 Å². The van der Waals surface area contributed by atoms with Crippen LogP contribution in [0.25, 0.3) is 11.4 Å². The van der Waals surface area contributed by atoms with Crippen LogP contribution in [-0.2, 0) is 16.6 Å². The van der Waals surface area contributed by atoms with Crippen molar-refractivity contribution in [1.29, 1.82) is 0 Å². The van der Waals surface area contributed by atoms with Crippen LogP contribution >= 0.6 is 11.6 Å². The quantitative estimate of drug-likeness (QED) is 0.924. The molecular weight excluding hydrogens is 328 g/mol. The van der Waals surface area contributed by atoms with Gasteiger partial charge in [-0.15, -0.1) is 5.10 Å². The average molecular weight is 347 g/mol. The number of amides is 1. The molecule has 0 radical (unpaired) electrons. The number of benzene rings is 1. The molecule has 1 amide bonds. The molecule has 0 unspecified atom stereocenters. The molecule has 1 saturated carbocycles. The number of nitrogens with zero attached hydrogens (tertiary/aromatic N) is 3. The molecule has 1 N–H and O–H groups in total. The Morgan fingerprint density at radius 2 is 2.12 bits per heavy atom. The van der Waals surface area contributed by atoms with Crippen molar-refractivity contribution in [3.63, 3.8) is 0 Å². The highest BCUT2D eigenvalue weighted by Gasteiger charge is 2.44. The fourth-order valence-electron chi connectivity index (χ4n) is 3.23. The molecule has 6 nitrogen and oxygen atoms in total. The standard InChI is InChI=1S/C17H19ClN4O2/c1-22-17(19-15(21-22)11-4-2-3-5-13(11)18)20-16(23)12-8-9-24-14(12)10-6-7-10/h2-5,10,12,14H,6-9H2,1H3,(H,19,20,21,23)/t12-,14+/m1/s1. The van der Waals surface area contributed by atoms with E-state index in [4.69, 9.17) is 16.3 Å². The number of nitrogens with one attached hydrogen (secondary N) is 1. The second-order valence-corrected chi connectivity index (χ2v) is 6.83. The molecule has 1 aliphatic heterocycles. The highest BCUT2D eigenvalue weighted by molar-refractivity contribution is 6.33. The molecule has 1 aromatic carbocycles. The van der Waals surface area contributed by atoms with E-state index in [2.05, 4.69) is 15.4 Å². The topological polar surface area (TPSA) is 69.0 Å². The fourth-order valence-corrected chi connectivity index (χ4v) is 3.45. The van der Waals surface area contributed by atoms with Gasteiger partial charge in [0.2, 0.25) is 11.9 Å². The Hall–Kier alpha value is -1.92. The Kier molecular flexibility index (Phi) is 4.02. The molecule has 4 rings (SSSR count). The summed E-state index contributed by atoms with van der Waals surface area (Å²) in [6.07, 6.45) is 3.15. The van der Waals surface area contributed by atoms with Crippen LogP contribution in [0.4, 0.5) is 5.95 Å². The highest BCUT2D eigenvalue weighted by Crippen LogP contribution is 2.41. The molecule has 126 valence electrons. The minimum Gasteiger partial charge on any atom is -0.377 e. The number of carbonyl (C=O) groups is 1. The zero-order valence-electron chi connectivity index (χ0n) is 13.4. The first kappa shape index (κ1) is 15.6. The van der Waals surface area contributed by atoms with Gasteiger partial charge in [-0.2, -0.15) is 4.98 Å². The zero-order valence-corrected chi connectivity index (χ0v) is 14.2. The van der Waals surface area contributed by atoms with Gasteiger partial charge in [-0.3, -0.25) is 10.1 Å². The summed E-state index contributed by atoms with van der Waals surface area (Å²) >= 11 is 6.20.